The van der Waals surface area contributed by atoms with Gasteiger partial charge in [-0.3, -0.25) is 9.69 Å². The van der Waals surface area contributed by atoms with E-state index in [2.05, 4.69) is 9.80 Å². The zero-order valence-electron chi connectivity index (χ0n) is 24.9. The summed E-state index contributed by atoms with van der Waals surface area (Å²) in [6.45, 7) is 7.48. The molecule has 3 aromatic rings. The van der Waals surface area contributed by atoms with E-state index >= 15 is 0 Å². The maximum Gasteiger partial charge on any atom is 0.318 e. The average molecular weight is 590 g/mol. The maximum atomic E-state index is 15.0. The molecule has 4 aliphatic rings. The van der Waals surface area contributed by atoms with Crippen LogP contribution in [0.4, 0.5) is 15.9 Å². The molecule has 5 heterocycles. The van der Waals surface area contributed by atoms with E-state index < -0.39 is 0 Å². The molecular weight excluding hydrogens is 549 g/mol. The normalized spacial score (nSPS) is 22.9. The summed E-state index contributed by atoms with van der Waals surface area (Å²) in [7, 11) is 0. The number of halogens is 1. The van der Waals surface area contributed by atoms with Crippen LogP contribution < -0.4 is 14.5 Å². The number of nitrogens with zero attached hydrogens (tertiary/aromatic N) is 5. The number of hydrogen-bond donors (Lipinski definition) is 1. The fourth-order valence-corrected chi connectivity index (χ4v) is 7.60. The molecule has 228 valence electrons. The van der Waals surface area contributed by atoms with Gasteiger partial charge in [-0.05, 0) is 74.7 Å². The summed E-state index contributed by atoms with van der Waals surface area (Å²) >= 11 is 0. The zero-order chi connectivity index (χ0) is 29.5. The van der Waals surface area contributed by atoms with Crippen molar-refractivity contribution in [2.45, 2.75) is 64.5 Å². The fourth-order valence-electron chi connectivity index (χ4n) is 7.60. The first-order valence-electron chi connectivity index (χ1n) is 15.9. The summed E-state index contributed by atoms with van der Waals surface area (Å²) in [5, 5.41) is 11.9. The van der Waals surface area contributed by atoms with Gasteiger partial charge < -0.3 is 24.4 Å². The summed E-state index contributed by atoms with van der Waals surface area (Å²) in [6.07, 6.45) is 7.33. The molecule has 0 bridgehead atoms. The molecule has 0 saturated carbocycles. The minimum absolute atomic E-state index is 0.0177. The molecule has 4 aliphatic heterocycles. The first-order valence-corrected chi connectivity index (χ1v) is 15.9. The van der Waals surface area contributed by atoms with Gasteiger partial charge in [0.25, 0.3) is 5.91 Å². The number of amides is 1. The minimum atomic E-state index is -0.328. The smallest absolute Gasteiger partial charge is 0.318 e. The van der Waals surface area contributed by atoms with Crippen molar-refractivity contribution < 1.29 is 23.8 Å². The molecule has 2 atom stereocenters. The van der Waals surface area contributed by atoms with Crippen molar-refractivity contribution in [1.82, 2.24) is 14.9 Å². The maximum absolute atomic E-state index is 15.0. The van der Waals surface area contributed by atoms with Gasteiger partial charge in [-0.15, -0.1) is 0 Å². The molecule has 3 saturated heterocycles. The molecule has 1 N–H and O–H groups in total. The highest BCUT2D eigenvalue weighted by Gasteiger charge is 2.38. The van der Waals surface area contributed by atoms with Crippen LogP contribution in [-0.2, 0) is 17.7 Å². The van der Waals surface area contributed by atoms with Crippen LogP contribution in [0.25, 0.3) is 10.8 Å². The van der Waals surface area contributed by atoms with Gasteiger partial charge in [0.05, 0.1) is 31.1 Å². The van der Waals surface area contributed by atoms with Crippen LogP contribution in [0.1, 0.15) is 67.1 Å². The molecule has 1 aromatic heterocycles. The number of aryl methyl sites for hydroxylation is 1. The van der Waals surface area contributed by atoms with Crippen LogP contribution in [0.5, 0.6) is 11.8 Å². The topological polar surface area (TPSA) is 91.3 Å². The van der Waals surface area contributed by atoms with Gasteiger partial charge in [0, 0.05) is 43.1 Å². The summed E-state index contributed by atoms with van der Waals surface area (Å²) in [4.78, 5) is 30.2. The molecule has 2 unspecified atom stereocenters. The Hall–Kier alpha value is -3.50. The van der Waals surface area contributed by atoms with E-state index in [0.29, 0.717) is 96.4 Å². The number of benzene rings is 2. The van der Waals surface area contributed by atoms with Gasteiger partial charge >= 0.3 is 6.01 Å². The number of carbonyl (C=O) groups is 1. The lowest BCUT2D eigenvalue weighted by atomic mass is 9.84. The second-order valence-electron chi connectivity index (χ2n) is 12.3. The van der Waals surface area contributed by atoms with Crippen molar-refractivity contribution >= 4 is 28.2 Å². The molecule has 7 rings (SSSR count). The van der Waals surface area contributed by atoms with Crippen LogP contribution in [0, 0.1) is 11.7 Å². The Morgan fingerprint density at radius 2 is 1.93 bits per heavy atom. The van der Waals surface area contributed by atoms with E-state index in [9.17, 15) is 14.3 Å². The average Bonchev–Trinajstić information content (AvgIpc) is 3.17. The highest BCUT2D eigenvalue weighted by Crippen LogP contribution is 2.41. The summed E-state index contributed by atoms with van der Waals surface area (Å²) in [5.41, 5.74) is 2.02. The van der Waals surface area contributed by atoms with Gasteiger partial charge in [-0.2, -0.15) is 9.97 Å². The van der Waals surface area contributed by atoms with Gasteiger partial charge in [-0.1, -0.05) is 19.4 Å². The fraction of sp³-hybridized carbons (Fsp3) is 0.545. The van der Waals surface area contributed by atoms with Crippen LogP contribution in [-0.4, -0.2) is 77.9 Å². The Balaban J connectivity index is 1.25. The lowest BCUT2D eigenvalue weighted by Gasteiger charge is -2.44. The SMILES string of the molecule is CCc1c(F)ccc2cc(O)cc(N3Cc4nc(OCC5CCCN6CCCCC56)nc(N5CCCOCC5)c4C3=O)c12. The lowest BCUT2D eigenvalue weighted by Crippen LogP contribution is -2.49. The Labute approximate surface area is 251 Å². The van der Waals surface area contributed by atoms with Gasteiger partial charge in [0.2, 0.25) is 0 Å². The monoisotopic (exact) mass is 589 g/mol. The van der Waals surface area contributed by atoms with E-state index in [-0.39, 0.29) is 24.0 Å². The highest BCUT2D eigenvalue weighted by atomic mass is 19.1. The first kappa shape index (κ1) is 28.3. The number of rotatable bonds is 6. The number of anilines is 2. The number of phenolic OH excluding ortho intramolecular Hbond substituents is 1. The Morgan fingerprint density at radius 1 is 1.05 bits per heavy atom. The third kappa shape index (κ3) is 5.29. The zero-order valence-corrected chi connectivity index (χ0v) is 24.9. The number of aromatic hydroxyl groups is 1. The largest absolute Gasteiger partial charge is 0.508 e. The van der Waals surface area contributed by atoms with Crippen LogP contribution in [0.3, 0.4) is 0 Å². The lowest BCUT2D eigenvalue weighted by molar-refractivity contribution is 0.0347. The number of piperidine rings is 2. The van der Waals surface area contributed by atoms with E-state index in [1.54, 1.807) is 23.1 Å². The third-order valence-electron chi connectivity index (χ3n) is 9.66. The molecule has 43 heavy (non-hydrogen) atoms. The van der Waals surface area contributed by atoms with Crippen molar-refractivity contribution in [2.24, 2.45) is 5.92 Å². The predicted molar refractivity (Wildman–Crippen MR) is 163 cm³/mol. The first-order chi connectivity index (χ1) is 21.0. The molecule has 0 spiro atoms. The van der Waals surface area contributed by atoms with Gasteiger partial charge in [0.15, 0.2) is 0 Å². The predicted octanol–water partition coefficient (Wildman–Crippen LogP) is 5.07. The Morgan fingerprint density at radius 3 is 2.81 bits per heavy atom. The Bertz CT molecular complexity index is 1520. The third-order valence-corrected chi connectivity index (χ3v) is 9.66. The second kappa shape index (κ2) is 11.9. The summed E-state index contributed by atoms with van der Waals surface area (Å²) < 4.78 is 27.0. The number of hydrogen-bond acceptors (Lipinski definition) is 8. The van der Waals surface area contributed by atoms with Crippen molar-refractivity contribution in [3.05, 3.63) is 46.9 Å². The molecule has 3 fully saturated rings. The van der Waals surface area contributed by atoms with Crippen LogP contribution >= 0.6 is 0 Å². The van der Waals surface area contributed by atoms with Crippen molar-refractivity contribution in [3.63, 3.8) is 0 Å². The number of carbonyl (C=O) groups excluding carboxylic acids is 1. The van der Waals surface area contributed by atoms with Crippen LogP contribution in [0.15, 0.2) is 24.3 Å². The minimum Gasteiger partial charge on any atom is -0.508 e. The summed E-state index contributed by atoms with van der Waals surface area (Å²) in [5.74, 6) is 0.424. The molecule has 9 nitrogen and oxygen atoms in total. The number of fused-ring (bicyclic) bond motifs is 3. The van der Waals surface area contributed by atoms with Crippen molar-refractivity contribution in [1.29, 1.82) is 0 Å². The van der Waals surface area contributed by atoms with E-state index in [4.69, 9.17) is 19.4 Å². The number of ether oxygens (including phenoxy) is 2. The highest BCUT2D eigenvalue weighted by molar-refractivity contribution is 6.16. The van der Waals surface area contributed by atoms with Gasteiger partial charge in [-0.25, -0.2) is 4.39 Å². The van der Waals surface area contributed by atoms with E-state index in [0.717, 1.165) is 12.8 Å². The van der Waals surface area contributed by atoms with Crippen LogP contribution in [0.2, 0.25) is 0 Å². The summed E-state index contributed by atoms with van der Waals surface area (Å²) in [6, 6.07) is 7.06. The quantitative estimate of drug-likeness (QED) is 0.427. The van der Waals surface area contributed by atoms with E-state index in [1.165, 1.54) is 44.8 Å². The van der Waals surface area contributed by atoms with Crippen molar-refractivity contribution in [3.8, 4) is 11.8 Å². The second-order valence-corrected chi connectivity index (χ2v) is 12.3. The Kier molecular flexibility index (Phi) is 7.82. The standard InChI is InChI=1S/C33H40FN5O4/c1-2-24-25(34)10-9-21-17-23(40)18-28(29(21)24)39-19-26-30(32(39)41)31(38-13-6-15-42-16-14-38)36-33(35-26)43-20-22-7-5-12-37-11-4-3-8-27(22)37/h9-10,17-18,22,27,40H,2-8,11-16,19-20H2,1H3. The molecule has 10 heteroatoms. The molecule has 0 radical (unpaired) electrons. The number of aromatic nitrogens is 2. The molecular formula is C33H40FN5O4. The molecule has 2 aromatic carbocycles. The molecule has 0 aliphatic carbocycles. The van der Waals surface area contributed by atoms with Crippen molar-refractivity contribution in [2.75, 3.05) is 55.8 Å². The van der Waals surface area contributed by atoms with E-state index in [1.807, 2.05) is 6.92 Å². The number of phenols is 1. The molecule has 1 amide bonds. The van der Waals surface area contributed by atoms with Gasteiger partial charge in [0.1, 0.15) is 22.9 Å².